The van der Waals surface area contributed by atoms with Crippen molar-refractivity contribution in [3.05, 3.63) is 58.1 Å². The maximum Gasteiger partial charge on any atom is 0.243 e. The van der Waals surface area contributed by atoms with Crippen molar-refractivity contribution in [3.8, 4) is 11.4 Å². The van der Waals surface area contributed by atoms with Crippen LogP contribution in [0.25, 0.3) is 5.69 Å². The van der Waals surface area contributed by atoms with E-state index in [9.17, 15) is 4.79 Å². The van der Waals surface area contributed by atoms with Crippen LogP contribution < -0.4 is 15.4 Å². The van der Waals surface area contributed by atoms with E-state index >= 15 is 0 Å². The molecule has 2 aromatic carbocycles. The quantitative estimate of drug-likeness (QED) is 0.614. The van der Waals surface area contributed by atoms with Crippen LogP contribution in [0, 0.1) is 0 Å². The van der Waals surface area contributed by atoms with E-state index in [1.54, 1.807) is 30.3 Å². The maximum atomic E-state index is 12.4. The van der Waals surface area contributed by atoms with Crippen LogP contribution in [0.5, 0.6) is 5.75 Å². The van der Waals surface area contributed by atoms with Crippen LogP contribution in [-0.2, 0) is 4.79 Å². The van der Waals surface area contributed by atoms with E-state index in [1.165, 1.54) is 24.4 Å². The zero-order valence-corrected chi connectivity index (χ0v) is 16.3. The van der Waals surface area contributed by atoms with Gasteiger partial charge in [-0.1, -0.05) is 34.8 Å². The summed E-state index contributed by atoms with van der Waals surface area (Å²) in [7, 11) is 1.48. The Hall–Kier alpha value is -2.48. The van der Waals surface area contributed by atoms with Gasteiger partial charge in [0, 0.05) is 10.7 Å². The smallest absolute Gasteiger partial charge is 0.243 e. The molecule has 0 aliphatic rings. The predicted octanol–water partition coefficient (Wildman–Crippen LogP) is 4.29. The fourth-order valence-corrected chi connectivity index (χ4v) is 3.19. The van der Waals surface area contributed by atoms with Crippen LogP contribution >= 0.6 is 34.8 Å². The number of hydrogen-bond acceptors (Lipinski definition) is 5. The number of carbonyl (C=O) groups excluding carboxylic acids is 1. The van der Waals surface area contributed by atoms with Crippen molar-refractivity contribution in [2.75, 3.05) is 24.3 Å². The highest BCUT2D eigenvalue weighted by molar-refractivity contribution is 6.37. The van der Waals surface area contributed by atoms with Crippen molar-refractivity contribution >= 4 is 52.1 Å². The first-order chi connectivity index (χ1) is 13.0. The van der Waals surface area contributed by atoms with Crippen molar-refractivity contribution in [1.29, 1.82) is 0 Å². The van der Waals surface area contributed by atoms with E-state index in [1.807, 2.05) is 0 Å². The average molecular weight is 427 g/mol. The Balaban J connectivity index is 1.71. The maximum absolute atomic E-state index is 12.4. The molecule has 3 rings (SSSR count). The van der Waals surface area contributed by atoms with Crippen LogP contribution in [0.2, 0.25) is 15.1 Å². The molecule has 7 nitrogen and oxygen atoms in total. The molecule has 10 heteroatoms. The van der Waals surface area contributed by atoms with Crippen molar-refractivity contribution in [1.82, 2.24) is 14.8 Å². The number of methoxy groups -OCH3 is 1. The van der Waals surface area contributed by atoms with Gasteiger partial charge in [0.05, 0.1) is 35.1 Å². The van der Waals surface area contributed by atoms with Crippen molar-refractivity contribution in [2.24, 2.45) is 0 Å². The Morgan fingerprint density at radius 2 is 1.93 bits per heavy atom. The first-order valence-corrected chi connectivity index (χ1v) is 8.82. The largest absolute Gasteiger partial charge is 0.494 e. The average Bonchev–Trinajstić information content (AvgIpc) is 3.14. The Kier molecular flexibility index (Phi) is 6.05. The number of anilines is 2. The zero-order valence-electron chi connectivity index (χ0n) is 14.0. The number of nitrogens with one attached hydrogen (secondary N) is 2. The number of ether oxygens (including phenoxy) is 1. The fourth-order valence-electron chi connectivity index (χ4n) is 2.37. The van der Waals surface area contributed by atoms with Gasteiger partial charge in [-0.2, -0.15) is 5.10 Å². The van der Waals surface area contributed by atoms with E-state index in [0.29, 0.717) is 37.9 Å². The molecule has 27 heavy (non-hydrogen) atoms. The second-order valence-corrected chi connectivity index (χ2v) is 6.63. The molecule has 0 spiro atoms. The Morgan fingerprint density at radius 3 is 2.56 bits per heavy atom. The van der Waals surface area contributed by atoms with Crippen LogP contribution in [-0.4, -0.2) is 34.3 Å². The van der Waals surface area contributed by atoms with Gasteiger partial charge in [-0.15, -0.1) is 0 Å². The number of halogens is 3. The van der Waals surface area contributed by atoms with Crippen LogP contribution in [0.4, 0.5) is 11.4 Å². The first-order valence-electron chi connectivity index (χ1n) is 7.69. The fraction of sp³-hybridized carbons (Fsp3) is 0.118. The first kappa shape index (κ1) is 19.3. The molecule has 0 fully saturated rings. The van der Waals surface area contributed by atoms with Crippen LogP contribution in [0.1, 0.15) is 0 Å². The van der Waals surface area contributed by atoms with Crippen molar-refractivity contribution in [2.45, 2.75) is 0 Å². The van der Waals surface area contributed by atoms with Crippen LogP contribution in [0.15, 0.2) is 43.0 Å². The molecule has 1 heterocycles. The van der Waals surface area contributed by atoms with Crippen LogP contribution in [0.3, 0.4) is 0 Å². The van der Waals surface area contributed by atoms with E-state index in [4.69, 9.17) is 39.5 Å². The highest BCUT2D eigenvalue weighted by Gasteiger charge is 2.12. The molecular formula is C17H14Cl3N5O2. The SMILES string of the molecule is COc1c(Cl)cc(NCC(=O)Nc2cc(Cl)ccc2-n2cncn2)cc1Cl. The molecule has 140 valence electrons. The molecule has 0 saturated carbocycles. The number of benzene rings is 2. The lowest BCUT2D eigenvalue weighted by molar-refractivity contribution is -0.114. The summed E-state index contributed by atoms with van der Waals surface area (Å²) in [5, 5.41) is 11.0. The Morgan fingerprint density at radius 1 is 1.19 bits per heavy atom. The highest BCUT2D eigenvalue weighted by Crippen LogP contribution is 2.35. The summed E-state index contributed by atoms with van der Waals surface area (Å²) in [6.07, 6.45) is 2.93. The van der Waals surface area contributed by atoms with Gasteiger partial charge < -0.3 is 15.4 Å². The molecule has 0 radical (unpaired) electrons. The summed E-state index contributed by atoms with van der Waals surface area (Å²) < 4.78 is 6.63. The van der Waals surface area contributed by atoms with E-state index in [2.05, 4.69) is 20.7 Å². The second kappa shape index (κ2) is 8.47. The molecule has 1 aromatic heterocycles. The second-order valence-electron chi connectivity index (χ2n) is 5.38. The summed E-state index contributed by atoms with van der Waals surface area (Å²) >= 11 is 18.2. The molecule has 0 unspecified atom stereocenters. The normalized spacial score (nSPS) is 10.5. The molecule has 0 aliphatic heterocycles. The van der Waals surface area contributed by atoms with Crippen molar-refractivity contribution in [3.63, 3.8) is 0 Å². The van der Waals surface area contributed by atoms with E-state index < -0.39 is 0 Å². The van der Waals surface area contributed by atoms with Gasteiger partial charge in [0.15, 0.2) is 5.75 Å². The van der Waals surface area contributed by atoms with Gasteiger partial charge in [0.1, 0.15) is 12.7 Å². The summed E-state index contributed by atoms with van der Waals surface area (Å²) in [5.41, 5.74) is 1.73. The number of aromatic nitrogens is 3. The van der Waals surface area contributed by atoms with Gasteiger partial charge in [-0.25, -0.2) is 9.67 Å². The Bertz CT molecular complexity index is 940. The molecule has 0 atom stereocenters. The molecule has 0 bridgehead atoms. The number of amides is 1. The third-order valence-corrected chi connectivity index (χ3v) is 4.35. The summed E-state index contributed by atoms with van der Waals surface area (Å²) in [5.74, 6) is 0.0893. The zero-order chi connectivity index (χ0) is 19.4. The third kappa shape index (κ3) is 4.63. The number of rotatable bonds is 6. The Labute approximate surface area is 170 Å². The van der Waals surface area contributed by atoms with E-state index in [-0.39, 0.29) is 12.5 Å². The lowest BCUT2D eigenvalue weighted by Gasteiger charge is -2.13. The molecule has 0 aliphatic carbocycles. The minimum atomic E-state index is -0.290. The standard InChI is InChI=1S/C17H14Cl3N5O2/c1-27-17-12(19)5-11(6-13(17)20)22-7-16(26)24-14-4-10(18)2-3-15(14)25-9-21-8-23-25/h2-6,8-9,22H,7H2,1H3,(H,24,26). The monoisotopic (exact) mass is 425 g/mol. The van der Waals surface area contributed by atoms with Gasteiger partial charge in [0.2, 0.25) is 5.91 Å². The van der Waals surface area contributed by atoms with Gasteiger partial charge in [0.25, 0.3) is 0 Å². The molecular weight excluding hydrogens is 413 g/mol. The van der Waals surface area contributed by atoms with E-state index in [0.717, 1.165) is 0 Å². The molecule has 0 saturated heterocycles. The lowest BCUT2D eigenvalue weighted by Crippen LogP contribution is -2.22. The van der Waals surface area contributed by atoms with Gasteiger partial charge in [-0.3, -0.25) is 4.79 Å². The number of carbonyl (C=O) groups is 1. The summed E-state index contributed by atoms with van der Waals surface area (Å²) in [4.78, 5) is 16.3. The van der Waals surface area contributed by atoms with Gasteiger partial charge >= 0.3 is 0 Å². The molecule has 3 aromatic rings. The topological polar surface area (TPSA) is 81.1 Å². The predicted molar refractivity (Wildman–Crippen MR) is 107 cm³/mol. The number of nitrogens with zero attached hydrogens (tertiary/aromatic N) is 3. The number of hydrogen-bond donors (Lipinski definition) is 2. The molecule has 2 N–H and O–H groups in total. The third-order valence-electron chi connectivity index (χ3n) is 3.55. The minimum absolute atomic E-state index is 0.0116. The highest BCUT2D eigenvalue weighted by atomic mass is 35.5. The van der Waals surface area contributed by atoms with Crippen molar-refractivity contribution < 1.29 is 9.53 Å². The summed E-state index contributed by atoms with van der Waals surface area (Å²) in [6, 6.07) is 8.33. The molecule has 1 amide bonds. The minimum Gasteiger partial charge on any atom is -0.494 e. The van der Waals surface area contributed by atoms with Gasteiger partial charge in [-0.05, 0) is 30.3 Å². The summed E-state index contributed by atoms with van der Waals surface area (Å²) in [6.45, 7) is -0.0116. The lowest BCUT2D eigenvalue weighted by atomic mass is 10.2.